The van der Waals surface area contributed by atoms with Gasteiger partial charge in [-0.05, 0) is 67.7 Å². The van der Waals surface area contributed by atoms with Crippen LogP contribution in [0.1, 0.15) is 19.8 Å². The van der Waals surface area contributed by atoms with E-state index in [-0.39, 0.29) is 30.5 Å². The van der Waals surface area contributed by atoms with Crippen LogP contribution < -0.4 is 31.0 Å². The summed E-state index contributed by atoms with van der Waals surface area (Å²) in [5.74, 6) is -0.0350. The Labute approximate surface area is 199 Å². The fourth-order valence-corrected chi connectivity index (χ4v) is 2.74. The number of carbonyl (C=O) groups is 3. The largest absolute Gasteiger partial charge is 0.494 e. The van der Waals surface area contributed by atoms with E-state index in [0.717, 1.165) is 4.47 Å². The van der Waals surface area contributed by atoms with Crippen molar-refractivity contribution in [2.75, 3.05) is 18.5 Å². The molecule has 0 fully saturated rings. The molecule has 0 saturated heterocycles. The van der Waals surface area contributed by atoms with E-state index in [1.165, 1.54) is 0 Å². The van der Waals surface area contributed by atoms with Gasteiger partial charge in [-0.1, -0.05) is 15.9 Å². The zero-order chi connectivity index (χ0) is 23.3. The van der Waals surface area contributed by atoms with Crippen molar-refractivity contribution in [1.82, 2.24) is 16.2 Å². The van der Waals surface area contributed by atoms with Gasteiger partial charge in [0, 0.05) is 23.0 Å². The first-order chi connectivity index (χ1) is 15.4. The standard InChI is InChI=1S/C21H23BrN4O5S/c1-2-30-16-9-5-15(6-10-16)23-18(27)11-12-19(28)25-26-21(32)24-20(29)13-31-17-7-3-14(22)4-8-17/h3-10H,2,11-13H2,1H3,(H,23,27)(H,25,28)(H2,24,26,29,32). The molecule has 9 nitrogen and oxygen atoms in total. The molecule has 2 aromatic carbocycles. The van der Waals surface area contributed by atoms with Crippen molar-refractivity contribution in [3.05, 3.63) is 53.0 Å². The molecule has 0 heterocycles. The number of halogens is 1. The molecule has 11 heteroatoms. The molecule has 0 aliphatic heterocycles. The lowest BCUT2D eigenvalue weighted by Gasteiger charge is -2.11. The van der Waals surface area contributed by atoms with Gasteiger partial charge >= 0.3 is 0 Å². The molecule has 3 amide bonds. The zero-order valence-electron chi connectivity index (χ0n) is 17.3. The van der Waals surface area contributed by atoms with Crippen LogP contribution in [0.25, 0.3) is 0 Å². The summed E-state index contributed by atoms with van der Waals surface area (Å²) in [5, 5.41) is 4.97. The second-order valence-electron chi connectivity index (χ2n) is 6.30. The number of rotatable bonds is 9. The normalized spacial score (nSPS) is 9.94. The number of benzene rings is 2. The van der Waals surface area contributed by atoms with E-state index in [4.69, 9.17) is 21.7 Å². The van der Waals surface area contributed by atoms with E-state index in [0.29, 0.717) is 23.8 Å². The van der Waals surface area contributed by atoms with Crippen molar-refractivity contribution in [2.45, 2.75) is 19.8 Å². The fraction of sp³-hybridized carbons (Fsp3) is 0.238. The first-order valence-electron chi connectivity index (χ1n) is 9.65. The van der Waals surface area contributed by atoms with E-state index >= 15 is 0 Å². The zero-order valence-corrected chi connectivity index (χ0v) is 19.7. The van der Waals surface area contributed by atoms with Crippen LogP contribution in [-0.4, -0.2) is 36.0 Å². The lowest BCUT2D eigenvalue weighted by molar-refractivity contribution is -0.125. The molecular formula is C21H23BrN4O5S. The lowest BCUT2D eigenvalue weighted by Crippen LogP contribution is -2.49. The van der Waals surface area contributed by atoms with Gasteiger partial charge in [0.2, 0.25) is 11.8 Å². The Morgan fingerprint density at radius 3 is 2.09 bits per heavy atom. The number of thiocarbonyl (C=S) groups is 1. The number of hydrogen-bond acceptors (Lipinski definition) is 6. The number of carbonyl (C=O) groups excluding carboxylic acids is 3. The molecule has 2 rings (SSSR count). The Bertz CT molecular complexity index is 938. The van der Waals surface area contributed by atoms with Gasteiger partial charge in [0.05, 0.1) is 6.61 Å². The number of amides is 3. The van der Waals surface area contributed by atoms with Crippen molar-refractivity contribution >= 4 is 56.7 Å². The van der Waals surface area contributed by atoms with Crippen molar-refractivity contribution in [3.63, 3.8) is 0 Å². The van der Waals surface area contributed by atoms with Gasteiger partial charge in [0.15, 0.2) is 11.7 Å². The van der Waals surface area contributed by atoms with Crippen LogP contribution in [0.4, 0.5) is 5.69 Å². The average Bonchev–Trinajstić information content (AvgIpc) is 2.77. The van der Waals surface area contributed by atoms with Gasteiger partial charge in [-0.15, -0.1) is 0 Å². The summed E-state index contributed by atoms with van der Waals surface area (Å²) < 4.78 is 11.6. The molecule has 0 radical (unpaired) electrons. The first kappa shape index (κ1) is 25.1. The summed E-state index contributed by atoms with van der Waals surface area (Å²) in [5.41, 5.74) is 5.33. The summed E-state index contributed by atoms with van der Waals surface area (Å²) in [6.07, 6.45) is -0.0972. The highest BCUT2D eigenvalue weighted by Gasteiger charge is 2.10. The van der Waals surface area contributed by atoms with E-state index in [1.807, 2.05) is 6.92 Å². The van der Waals surface area contributed by atoms with Gasteiger partial charge in [0.25, 0.3) is 5.91 Å². The number of anilines is 1. The van der Waals surface area contributed by atoms with Crippen LogP contribution in [0, 0.1) is 0 Å². The Morgan fingerprint density at radius 1 is 0.844 bits per heavy atom. The van der Waals surface area contributed by atoms with Crippen molar-refractivity contribution < 1.29 is 23.9 Å². The summed E-state index contributed by atoms with van der Waals surface area (Å²) in [6.45, 7) is 2.20. The van der Waals surface area contributed by atoms with Gasteiger partial charge in [-0.3, -0.25) is 30.6 Å². The smallest absolute Gasteiger partial charge is 0.264 e. The number of nitrogens with one attached hydrogen (secondary N) is 4. The Balaban J connectivity index is 1.61. The molecule has 4 N–H and O–H groups in total. The predicted molar refractivity (Wildman–Crippen MR) is 127 cm³/mol. The number of ether oxygens (including phenoxy) is 2. The van der Waals surface area contributed by atoms with Gasteiger partial charge in [0.1, 0.15) is 11.5 Å². The summed E-state index contributed by atoms with van der Waals surface area (Å²) in [4.78, 5) is 35.7. The second kappa shape index (κ2) is 13.3. The Kier molecular flexibility index (Phi) is 10.4. The maximum Gasteiger partial charge on any atom is 0.264 e. The third kappa shape index (κ3) is 9.75. The van der Waals surface area contributed by atoms with Crippen molar-refractivity contribution in [1.29, 1.82) is 0 Å². The summed E-state index contributed by atoms with van der Waals surface area (Å²) in [6, 6.07) is 13.9. The van der Waals surface area contributed by atoms with Crippen LogP contribution >= 0.6 is 28.1 Å². The molecule has 170 valence electrons. The lowest BCUT2D eigenvalue weighted by atomic mass is 10.2. The van der Waals surface area contributed by atoms with E-state index < -0.39 is 11.8 Å². The Morgan fingerprint density at radius 2 is 1.44 bits per heavy atom. The fourth-order valence-electron chi connectivity index (χ4n) is 2.31. The van der Waals surface area contributed by atoms with Gasteiger partial charge in [-0.2, -0.15) is 0 Å². The topological polar surface area (TPSA) is 118 Å². The molecule has 0 aliphatic rings. The van der Waals surface area contributed by atoms with Gasteiger partial charge < -0.3 is 14.8 Å². The first-order valence-corrected chi connectivity index (χ1v) is 10.9. The highest BCUT2D eigenvalue weighted by atomic mass is 79.9. The molecule has 0 spiro atoms. The van der Waals surface area contributed by atoms with Crippen LogP contribution in [-0.2, 0) is 14.4 Å². The summed E-state index contributed by atoms with van der Waals surface area (Å²) in [7, 11) is 0. The maximum absolute atomic E-state index is 12.0. The third-order valence-corrected chi connectivity index (χ3v) is 4.51. The molecule has 2 aromatic rings. The maximum atomic E-state index is 12.0. The number of hydrazine groups is 1. The van der Waals surface area contributed by atoms with E-state index in [1.54, 1.807) is 48.5 Å². The molecule has 0 aromatic heterocycles. The Hall–Kier alpha value is -3.18. The minimum absolute atomic E-state index is 0.0269. The van der Waals surface area contributed by atoms with Gasteiger partial charge in [-0.25, -0.2) is 0 Å². The quantitative estimate of drug-likeness (QED) is 0.295. The monoisotopic (exact) mass is 522 g/mol. The summed E-state index contributed by atoms with van der Waals surface area (Å²) >= 11 is 8.25. The van der Waals surface area contributed by atoms with Crippen molar-refractivity contribution in [3.8, 4) is 11.5 Å². The average molecular weight is 523 g/mol. The molecular weight excluding hydrogens is 500 g/mol. The SMILES string of the molecule is CCOc1ccc(NC(=O)CCC(=O)NNC(=S)NC(=O)COc2ccc(Br)cc2)cc1. The highest BCUT2D eigenvalue weighted by molar-refractivity contribution is 9.10. The van der Waals surface area contributed by atoms with Crippen molar-refractivity contribution in [2.24, 2.45) is 0 Å². The van der Waals surface area contributed by atoms with Crippen LogP contribution in [0.3, 0.4) is 0 Å². The minimum atomic E-state index is -0.491. The molecule has 0 saturated carbocycles. The van der Waals surface area contributed by atoms with Crippen LogP contribution in [0.5, 0.6) is 11.5 Å². The molecule has 0 unspecified atom stereocenters. The molecule has 0 aliphatic carbocycles. The molecule has 0 bridgehead atoms. The predicted octanol–water partition coefficient (Wildman–Crippen LogP) is 2.67. The van der Waals surface area contributed by atoms with Crippen LogP contribution in [0.15, 0.2) is 53.0 Å². The molecule has 32 heavy (non-hydrogen) atoms. The number of hydrogen-bond donors (Lipinski definition) is 4. The highest BCUT2D eigenvalue weighted by Crippen LogP contribution is 2.16. The molecule has 0 atom stereocenters. The second-order valence-corrected chi connectivity index (χ2v) is 7.62. The third-order valence-electron chi connectivity index (χ3n) is 3.78. The minimum Gasteiger partial charge on any atom is -0.494 e. The van der Waals surface area contributed by atoms with E-state index in [9.17, 15) is 14.4 Å². The van der Waals surface area contributed by atoms with E-state index in [2.05, 4.69) is 37.4 Å². The van der Waals surface area contributed by atoms with Crippen LogP contribution in [0.2, 0.25) is 0 Å².